The Morgan fingerprint density at radius 3 is 1.90 bits per heavy atom. The predicted molar refractivity (Wildman–Crippen MR) is 82.9 cm³/mol. The Bertz CT molecular complexity index is 603. The average Bonchev–Trinajstić information content (AvgIpc) is 3.06. The van der Waals surface area contributed by atoms with Crippen molar-refractivity contribution in [3.8, 4) is 0 Å². The lowest BCUT2D eigenvalue weighted by atomic mass is 9.81. The number of imide groups is 1. The van der Waals surface area contributed by atoms with Gasteiger partial charge in [-0.1, -0.05) is 31.9 Å². The highest BCUT2D eigenvalue weighted by atomic mass is 79.9. The maximum absolute atomic E-state index is 13.0. The second-order valence-electron chi connectivity index (χ2n) is 5.99. The van der Waals surface area contributed by atoms with Crippen LogP contribution >= 0.6 is 31.9 Å². The summed E-state index contributed by atoms with van der Waals surface area (Å²) in [6, 6.07) is 5.54. The molecule has 1 saturated heterocycles. The number of amides is 2. The van der Waals surface area contributed by atoms with E-state index in [-0.39, 0.29) is 51.0 Å². The molecule has 4 rings (SSSR count). The third-order valence-corrected chi connectivity index (χ3v) is 8.28. The summed E-state index contributed by atoms with van der Waals surface area (Å²) in [6.07, 6.45) is 0.913. The molecule has 2 saturated carbocycles. The van der Waals surface area contributed by atoms with Crippen molar-refractivity contribution >= 4 is 49.4 Å². The number of fused-ring (bicyclic) bond motifs is 5. The molecule has 2 amide bonds. The number of anilines is 1. The Balaban J connectivity index is 1.73. The Morgan fingerprint density at radius 1 is 0.952 bits per heavy atom. The topological polar surface area (TPSA) is 37.4 Å². The molecule has 1 heterocycles. The first-order valence-corrected chi connectivity index (χ1v) is 8.75. The van der Waals surface area contributed by atoms with Crippen LogP contribution < -0.4 is 4.90 Å². The van der Waals surface area contributed by atoms with Crippen LogP contribution in [0.25, 0.3) is 0 Å². The maximum atomic E-state index is 13.0. The second-order valence-corrected chi connectivity index (χ2v) is 8.11. The SMILES string of the molecule is O=C1[C@H]2[C@@H]3C[C@H]([C@@H](Br)[C@H]3Br)[C@@H]2C(=O)N1c1ccc(F)cc1. The lowest BCUT2D eigenvalue weighted by molar-refractivity contribution is -0.123. The van der Waals surface area contributed by atoms with Crippen molar-refractivity contribution < 1.29 is 14.0 Å². The number of rotatable bonds is 1. The first kappa shape index (κ1) is 13.9. The molecule has 2 aliphatic carbocycles. The largest absolute Gasteiger partial charge is 0.274 e. The van der Waals surface area contributed by atoms with Crippen LogP contribution in [0.4, 0.5) is 10.1 Å². The number of hydrogen-bond acceptors (Lipinski definition) is 2. The summed E-state index contributed by atoms with van der Waals surface area (Å²) >= 11 is 7.30. The molecule has 0 radical (unpaired) electrons. The summed E-state index contributed by atoms with van der Waals surface area (Å²) in [5.74, 6) is -0.700. The van der Waals surface area contributed by atoms with Gasteiger partial charge in [0.25, 0.3) is 0 Å². The quantitative estimate of drug-likeness (QED) is 0.521. The van der Waals surface area contributed by atoms with E-state index in [0.29, 0.717) is 5.69 Å². The van der Waals surface area contributed by atoms with Gasteiger partial charge in [0.15, 0.2) is 0 Å². The molecule has 2 bridgehead atoms. The molecule has 0 aromatic heterocycles. The van der Waals surface area contributed by atoms with Crippen molar-refractivity contribution in [1.82, 2.24) is 0 Å². The van der Waals surface area contributed by atoms with Gasteiger partial charge < -0.3 is 0 Å². The number of hydrogen-bond donors (Lipinski definition) is 0. The van der Waals surface area contributed by atoms with Crippen LogP contribution in [0.15, 0.2) is 24.3 Å². The first-order valence-electron chi connectivity index (χ1n) is 6.92. The minimum absolute atomic E-state index is 0.132. The fourth-order valence-electron chi connectivity index (χ4n) is 4.19. The zero-order valence-electron chi connectivity index (χ0n) is 10.9. The van der Waals surface area contributed by atoms with E-state index in [0.717, 1.165) is 6.42 Å². The lowest BCUT2D eigenvalue weighted by Crippen LogP contribution is -2.37. The van der Waals surface area contributed by atoms with Crippen molar-refractivity contribution in [2.45, 2.75) is 16.1 Å². The van der Waals surface area contributed by atoms with E-state index < -0.39 is 0 Å². The van der Waals surface area contributed by atoms with Crippen molar-refractivity contribution in [1.29, 1.82) is 0 Å². The Hall–Kier alpha value is -0.750. The molecule has 0 N–H and O–H groups in total. The van der Waals surface area contributed by atoms with Gasteiger partial charge in [-0.2, -0.15) is 0 Å². The normalized spacial score (nSPS) is 41.0. The van der Waals surface area contributed by atoms with Crippen molar-refractivity contribution in [3.05, 3.63) is 30.1 Å². The highest BCUT2D eigenvalue weighted by Gasteiger charge is 2.66. The molecule has 1 aromatic rings. The molecule has 0 spiro atoms. The van der Waals surface area contributed by atoms with Gasteiger partial charge in [-0.25, -0.2) is 4.39 Å². The second kappa shape index (κ2) is 4.62. The fourth-order valence-corrected chi connectivity index (χ4v) is 6.07. The molecule has 21 heavy (non-hydrogen) atoms. The van der Waals surface area contributed by atoms with E-state index in [2.05, 4.69) is 31.9 Å². The van der Waals surface area contributed by atoms with Crippen molar-refractivity contribution in [3.63, 3.8) is 0 Å². The number of alkyl halides is 2. The summed E-state index contributed by atoms with van der Waals surface area (Å²) < 4.78 is 13.0. The fraction of sp³-hybridized carbons (Fsp3) is 0.467. The van der Waals surface area contributed by atoms with Crippen LogP contribution in [0.1, 0.15) is 6.42 Å². The summed E-state index contributed by atoms with van der Waals surface area (Å²) in [5, 5.41) is 0. The van der Waals surface area contributed by atoms with Gasteiger partial charge in [0.05, 0.1) is 17.5 Å². The van der Waals surface area contributed by atoms with Gasteiger partial charge in [-0.05, 0) is 42.5 Å². The van der Waals surface area contributed by atoms with Gasteiger partial charge in [0.1, 0.15) is 5.82 Å². The van der Waals surface area contributed by atoms with E-state index in [4.69, 9.17) is 0 Å². The zero-order valence-corrected chi connectivity index (χ0v) is 14.1. The van der Waals surface area contributed by atoms with Gasteiger partial charge in [0.2, 0.25) is 11.8 Å². The Morgan fingerprint density at radius 2 is 1.43 bits per heavy atom. The number of carbonyl (C=O) groups excluding carboxylic acids is 2. The molecule has 3 aliphatic rings. The summed E-state index contributed by atoms with van der Waals surface area (Å²) in [6.45, 7) is 0. The van der Waals surface area contributed by atoms with E-state index >= 15 is 0 Å². The minimum atomic E-state index is -0.376. The molecule has 3 nitrogen and oxygen atoms in total. The number of benzene rings is 1. The molecule has 110 valence electrons. The Kier molecular flexibility index (Phi) is 3.05. The van der Waals surface area contributed by atoms with Crippen LogP contribution in [-0.4, -0.2) is 21.5 Å². The highest BCUT2D eigenvalue weighted by Crippen LogP contribution is 2.60. The Labute approximate surface area is 138 Å². The highest BCUT2D eigenvalue weighted by molar-refractivity contribution is 9.12. The molecule has 6 atom stereocenters. The molecule has 6 heteroatoms. The molecule has 1 aromatic carbocycles. The number of halogens is 3. The molecule has 3 fully saturated rings. The number of carbonyl (C=O) groups is 2. The molecular formula is C15H12Br2FNO2. The standard InChI is InChI=1S/C15H12Br2FNO2/c16-12-8-5-9(13(12)17)11-10(8)14(20)19(15(11)21)7-3-1-6(18)2-4-7/h1-4,8-13H,5H2/t8-,9-,10-,11-,12-,13+/m0/s1. The van der Waals surface area contributed by atoms with E-state index in [9.17, 15) is 14.0 Å². The van der Waals surface area contributed by atoms with Crippen LogP contribution in [-0.2, 0) is 9.59 Å². The smallest absolute Gasteiger partial charge is 0.238 e. The van der Waals surface area contributed by atoms with Crippen LogP contribution in [0.2, 0.25) is 0 Å². The minimum Gasteiger partial charge on any atom is -0.274 e. The predicted octanol–water partition coefficient (Wildman–Crippen LogP) is 3.11. The van der Waals surface area contributed by atoms with Crippen LogP contribution in [0, 0.1) is 29.5 Å². The molecule has 1 aliphatic heterocycles. The van der Waals surface area contributed by atoms with Crippen molar-refractivity contribution in [2.75, 3.05) is 4.90 Å². The summed E-state index contributed by atoms with van der Waals surface area (Å²) in [7, 11) is 0. The third-order valence-electron chi connectivity index (χ3n) is 5.07. The van der Waals surface area contributed by atoms with Gasteiger partial charge in [-0.15, -0.1) is 0 Å². The summed E-state index contributed by atoms with van der Waals surface area (Å²) in [4.78, 5) is 27.1. The lowest BCUT2D eigenvalue weighted by Gasteiger charge is -2.28. The third kappa shape index (κ3) is 1.75. The monoisotopic (exact) mass is 415 g/mol. The molecular weight excluding hydrogens is 405 g/mol. The number of nitrogens with zero attached hydrogens (tertiary/aromatic N) is 1. The van der Waals surface area contributed by atoms with E-state index in [1.54, 1.807) is 0 Å². The maximum Gasteiger partial charge on any atom is 0.238 e. The molecule has 0 unspecified atom stereocenters. The van der Waals surface area contributed by atoms with Crippen molar-refractivity contribution in [2.24, 2.45) is 23.7 Å². The first-order chi connectivity index (χ1) is 10.0. The van der Waals surface area contributed by atoms with Gasteiger partial charge in [-0.3, -0.25) is 14.5 Å². The van der Waals surface area contributed by atoms with E-state index in [1.165, 1.54) is 29.2 Å². The zero-order chi connectivity index (χ0) is 14.9. The van der Waals surface area contributed by atoms with Crippen LogP contribution in [0.3, 0.4) is 0 Å². The summed E-state index contributed by atoms with van der Waals surface area (Å²) in [5.41, 5.74) is 0.470. The average molecular weight is 417 g/mol. The van der Waals surface area contributed by atoms with Gasteiger partial charge >= 0.3 is 0 Å². The van der Waals surface area contributed by atoms with Crippen LogP contribution in [0.5, 0.6) is 0 Å². The van der Waals surface area contributed by atoms with Gasteiger partial charge in [0, 0.05) is 9.65 Å². The van der Waals surface area contributed by atoms with E-state index in [1.807, 2.05) is 0 Å².